The van der Waals surface area contributed by atoms with Gasteiger partial charge >= 0.3 is 11.9 Å². The first-order valence-corrected chi connectivity index (χ1v) is 31.0. The van der Waals surface area contributed by atoms with Gasteiger partial charge in [-0.3, -0.25) is 9.59 Å². The zero-order chi connectivity index (χ0) is 56.2. The molecule has 0 aliphatic carbocycles. The van der Waals surface area contributed by atoms with Gasteiger partial charge in [-0.1, -0.05) is 239 Å². The molecule has 0 fully saturated rings. The zero-order valence-electron chi connectivity index (χ0n) is 50.0. The molecule has 0 rings (SSSR count). The summed E-state index contributed by atoms with van der Waals surface area (Å²) in [5.74, 6) is -2.31. The van der Waals surface area contributed by atoms with Gasteiger partial charge in [0.05, 0.1) is 40.3 Å². The molecular formula is C68H115NO8. The molecule has 0 N–H and O–H groups in total. The summed E-state index contributed by atoms with van der Waals surface area (Å²) < 4.78 is 22.7. The maximum absolute atomic E-state index is 12.9. The van der Waals surface area contributed by atoms with Crippen molar-refractivity contribution in [3.05, 3.63) is 109 Å². The smallest absolute Gasteiger partial charge is 0.306 e. The van der Waals surface area contributed by atoms with E-state index in [1.807, 2.05) is 21.1 Å². The second-order valence-corrected chi connectivity index (χ2v) is 21.6. The average molecular weight is 1070 g/mol. The topological polar surface area (TPSA) is 111 Å². The minimum Gasteiger partial charge on any atom is -0.545 e. The van der Waals surface area contributed by atoms with Gasteiger partial charge in [-0.2, -0.15) is 0 Å². The second-order valence-electron chi connectivity index (χ2n) is 21.6. The Morgan fingerprint density at radius 3 is 1.12 bits per heavy atom. The molecule has 0 saturated carbocycles. The summed E-state index contributed by atoms with van der Waals surface area (Å²) in [6, 6.07) is 0. The lowest BCUT2D eigenvalue weighted by molar-refractivity contribution is -0.870. The van der Waals surface area contributed by atoms with E-state index < -0.39 is 24.3 Å². The standard InChI is InChI=1S/C68H115NO8/c1-6-8-10-12-14-16-18-20-22-24-26-28-29-30-31-32-33-34-35-36-37-39-41-43-45-47-49-51-53-55-57-59-66(71)77-64(63-76-68(67(72)73)74-61-60-69(3,4)5)62-75-65(70)58-56-54-52-50-48-46-44-42-40-38-27-25-23-21-19-17-15-13-11-9-7-2/h8,10,14,16,20,22,25-28,30-31,33-34,36-37,41,43,64,68H,6-7,9,11-13,15,17-19,21,23-24,29,32,35,38-40,42,44-63H2,1-5H3/b10-8-,16-14-,22-20-,27-25-,28-26-,31-30-,34-33-,37-36-,43-41-. The molecule has 0 aromatic carbocycles. The van der Waals surface area contributed by atoms with Crippen LogP contribution in [0.4, 0.5) is 0 Å². The van der Waals surface area contributed by atoms with E-state index in [1.54, 1.807) is 0 Å². The minimum absolute atomic E-state index is 0.139. The Balaban J connectivity index is 4.28. The monoisotopic (exact) mass is 1070 g/mol. The number of carbonyl (C=O) groups excluding carboxylic acids is 3. The molecule has 440 valence electrons. The Kier molecular flexibility index (Phi) is 55.1. The number of carboxylic acid groups (broad SMARTS) is 1. The first-order chi connectivity index (χ1) is 37.6. The molecule has 0 spiro atoms. The maximum atomic E-state index is 12.9. The van der Waals surface area contributed by atoms with E-state index in [-0.39, 0.29) is 38.6 Å². The van der Waals surface area contributed by atoms with Crippen LogP contribution in [0, 0.1) is 0 Å². The summed E-state index contributed by atoms with van der Waals surface area (Å²) in [6.07, 6.45) is 77.1. The van der Waals surface area contributed by atoms with Crippen molar-refractivity contribution in [1.82, 2.24) is 0 Å². The molecule has 2 unspecified atom stereocenters. The number of nitrogens with zero attached hydrogens (tertiary/aromatic N) is 1. The van der Waals surface area contributed by atoms with Gasteiger partial charge in [0, 0.05) is 12.8 Å². The van der Waals surface area contributed by atoms with Crippen LogP contribution in [0.1, 0.15) is 245 Å². The predicted molar refractivity (Wildman–Crippen MR) is 324 cm³/mol. The fourth-order valence-corrected chi connectivity index (χ4v) is 8.25. The molecule has 0 aliphatic heterocycles. The van der Waals surface area contributed by atoms with Crippen LogP contribution in [-0.2, 0) is 33.3 Å². The van der Waals surface area contributed by atoms with Gasteiger partial charge in [0.2, 0.25) is 0 Å². The van der Waals surface area contributed by atoms with Crippen LogP contribution in [0.2, 0.25) is 0 Å². The highest BCUT2D eigenvalue weighted by Crippen LogP contribution is 2.15. The van der Waals surface area contributed by atoms with E-state index in [1.165, 1.54) is 103 Å². The third-order valence-corrected chi connectivity index (χ3v) is 13.0. The molecule has 0 heterocycles. The molecule has 0 amide bonds. The molecule has 0 bridgehead atoms. The van der Waals surface area contributed by atoms with Crippen molar-refractivity contribution >= 4 is 17.9 Å². The summed E-state index contributed by atoms with van der Waals surface area (Å²) in [6.45, 7) is 4.62. The van der Waals surface area contributed by atoms with Gasteiger partial charge in [-0.25, -0.2) is 0 Å². The number of allylic oxidation sites excluding steroid dienone is 18. The number of esters is 2. The second kappa shape index (κ2) is 58.1. The molecule has 0 aromatic heterocycles. The van der Waals surface area contributed by atoms with Gasteiger partial charge in [0.15, 0.2) is 12.4 Å². The molecule has 77 heavy (non-hydrogen) atoms. The number of hydrogen-bond acceptors (Lipinski definition) is 8. The predicted octanol–water partition coefficient (Wildman–Crippen LogP) is 17.3. The fourth-order valence-electron chi connectivity index (χ4n) is 8.25. The molecule has 0 saturated heterocycles. The summed E-state index contributed by atoms with van der Waals surface area (Å²) in [5, 5.41) is 11.8. The zero-order valence-corrected chi connectivity index (χ0v) is 50.0. The number of ether oxygens (including phenoxy) is 4. The van der Waals surface area contributed by atoms with Crippen LogP contribution in [0.25, 0.3) is 0 Å². The van der Waals surface area contributed by atoms with Crippen molar-refractivity contribution in [2.75, 3.05) is 47.5 Å². The van der Waals surface area contributed by atoms with Gasteiger partial charge in [0.25, 0.3) is 0 Å². The van der Waals surface area contributed by atoms with E-state index in [4.69, 9.17) is 18.9 Å². The van der Waals surface area contributed by atoms with E-state index in [0.29, 0.717) is 17.4 Å². The summed E-state index contributed by atoms with van der Waals surface area (Å²) in [7, 11) is 5.91. The van der Waals surface area contributed by atoms with Crippen molar-refractivity contribution in [2.24, 2.45) is 0 Å². The van der Waals surface area contributed by atoms with Crippen molar-refractivity contribution in [3.8, 4) is 0 Å². The van der Waals surface area contributed by atoms with Gasteiger partial charge < -0.3 is 33.3 Å². The third kappa shape index (κ3) is 59.5. The number of carboxylic acids is 1. The average Bonchev–Trinajstić information content (AvgIpc) is 3.40. The molecule has 9 nitrogen and oxygen atoms in total. The first kappa shape index (κ1) is 73.0. The van der Waals surface area contributed by atoms with Crippen molar-refractivity contribution in [3.63, 3.8) is 0 Å². The molecule has 0 aliphatic rings. The Morgan fingerprint density at radius 2 is 0.740 bits per heavy atom. The lowest BCUT2D eigenvalue weighted by atomic mass is 10.1. The number of likely N-dealkylation sites (N-methyl/N-ethyl adjacent to an activating group) is 1. The lowest BCUT2D eigenvalue weighted by Gasteiger charge is -2.26. The molecule has 0 aromatic rings. The number of unbranched alkanes of at least 4 members (excludes halogenated alkanes) is 23. The number of quaternary nitrogens is 1. The van der Waals surface area contributed by atoms with E-state index in [2.05, 4.69) is 123 Å². The maximum Gasteiger partial charge on any atom is 0.306 e. The Labute approximate surface area is 473 Å². The molecular weight excluding hydrogens is 959 g/mol. The summed E-state index contributed by atoms with van der Waals surface area (Å²) in [4.78, 5) is 37.4. The number of carbonyl (C=O) groups is 3. The molecule has 9 heteroatoms. The van der Waals surface area contributed by atoms with E-state index >= 15 is 0 Å². The summed E-state index contributed by atoms with van der Waals surface area (Å²) >= 11 is 0. The highest BCUT2D eigenvalue weighted by molar-refractivity contribution is 5.70. The lowest BCUT2D eigenvalue weighted by Crippen LogP contribution is -2.44. The van der Waals surface area contributed by atoms with Crippen LogP contribution in [0.3, 0.4) is 0 Å². The van der Waals surface area contributed by atoms with E-state index in [0.717, 1.165) is 109 Å². The number of hydrogen-bond donors (Lipinski definition) is 0. The SMILES string of the molecule is CC/C=C\C/C=C\C/C=C\C/C=C\C/C=C\C/C=C\C/C=C\C/C=C\CCCCCCCCC(=O)OC(COC(=O)CCCCCCCCCCC/C=C\CCCCCCCCCC)COC(OCC[N+](C)(C)C)C(=O)[O-]. The van der Waals surface area contributed by atoms with Crippen LogP contribution in [-0.4, -0.2) is 82.3 Å². The normalized spacial score (nSPS) is 13.5. The number of aliphatic carboxylic acids is 1. The third-order valence-electron chi connectivity index (χ3n) is 13.0. The minimum atomic E-state index is -1.63. The largest absolute Gasteiger partial charge is 0.545 e. The Morgan fingerprint density at radius 1 is 0.403 bits per heavy atom. The molecule has 0 radical (unpaired) electrons. The summed E-state index contributed by atoms with van der Waals surface area (Å²) in [5.41, 5.74) is 0. The fraction of sp³-hybridized carbons (Fsp3) is 0.691. The van der Waals surface area contributed by atoms with E-state index in [9.17, 15) is 19.5 Å². The Bertz CT molecular complexity index is 1630. The number of rotatable bonds is 56. The first-order valence-electron chi connectivity index (χ1n) is 31.0. The van der Waals surface area contributed by atoms with Crippen molar-refractivity contribution in [1.29, 1.82) is 0 Å². The highest BCUT2D eigenvalue weighted by atomic mass is 16.7. The van der Waals surface area contributed by atoms with Gasteiger partial charge in [-0.15, -0.1) is 0 Å². The van der Waals surface area contributed by atoms with Gasteiger partial charge in [0.1, 0.15) is 13.2 Å². The van der Waals surface area contributed by atoms with Crippen LogP contribution < -0.4 is 5.11 Å². The Hall–Kier alpha value is -4.05. The van der Waals surface area contributed by atoms with Crippen LogP contribution >= 0.6 is 0 Å². The van der Waals surface area contributed by atoms with Crippen LogP contribution in [0.15, 0.2) is 109 Å². The van der Waals surface area contributed by atoms with Crippen molar-refractivity contribution in [2.45, 2.75) is 257 Å². The van der Waals surface area contributed by atoms with Crippen LogP contribution in [0.5, 0.6) is 0 Å². The molecule has 2 atom stereocenters. The quantitative estimate of drug-likeness (QED) is 0.0195. The van der Waals surface area contributed by atoms with Gasteiger partial charge in [-0.05, 0) is 103 Å². The van der Waals surface area contributed by atoms with Crippen molar-refractivity contribution < 1.29 is 42.9 Å². The highest BCUT2D eigenvalue weighted by Gasteiger charge is 2.22.